The number of hydrogen-bond donors (Lipinski definition) is 1. The molecule has 0 aromatic heterocycles. The van der Waals surface area contributed by atoms with Crippen molar-refractivity contribution in [2.75, 3.05) is 13.7 Å². The molecule has 0 amide bonds. The topological polar surface area (TPSA) is 46.5 Å². The number of rotatable bonds is 5. The number of Topliss-reactive ketones (excluding diaryl/α,β-unsaturated/α-hetero) is 1. The van der Waals surface area contributed by atoms with Crippen LogP contribution >= 0.6 is 0 Å². The van der Waals surface area contributed by atoms with Gasteiger partial charge in [-0.15, -0.1) is 0 Å². The molecule has 3 nitrogen and oxygen atoms in total. The fraction of sp³-hybridized carbons (Fsp3) is 0.500. The maximum absolute atomic E-state index is 12.2. The van der Waals surface area contributed by atoms with Gasteiger partial charge in [0.25, 0.3) is 0 Å². The molecule has 0 aliphatic heterocycles. The Bertz CT molecular complexity index is 433. The number of aryl methyl sites for hydroxylation is 1. The summed E-state index contributed by atoms with van der Waals surface area (Å²) >= 11 is 0. The molecule has 1 N–H and O–H groups in total. The Balaban J connectivity index is 2.31. The van der Waals surface area contributed by atoms with Gasteiger partial charge in [-0.3, -0.25) is 4.79 Å². The summed E-state index contributed by atoms with van der Waals surface area (Å²) in [5.74, 6) is 0.884. The molecular formula is C14H18O3. The lowest BCUT2D eigenvalue weighted by molar-refractivity contribution is 0.0829. The lowest BCUT2D eigenvalue weighted by atomic mass is 9.94. The van der Waals surface area contributed by atoms with E-state index in [1.54, 1.807) is 13.2 Å². The summed E-state index contributed by atoms with van der Waals surface area (Å²) in [5, 5.41) is 9.27. The van der Waals surface area contributed by atoms with Gasteiger partial charge in [0, 0.05) is 5.56 Å². The molecule has 1 saturated carbocycles. The van der Waals surface area contributed by atoms with Crippen LogP contribution in [0.15, 0.2) is 18.2 Å². The summed E-state index contributed by atoms with van der Waals surface area (Å²) in [4.78, 5) is 12.2. The average molecular weight is 234 g/mol. The first-order valence-electron chi connectivity index (χ1n) is 5.99. The van der Waals surface area contributed by atoms with Crippen LogP contribution in [-0.4, -0.2) is 24.6 Å². The third-order valence-corrected chi connectivity index (χ3v) is 3.56. The molecular weight excluding hydrogens is 216 g/mol. The standard InChI is InChI=1S/C14H18O3/c1-3-10-8-11(4-5-12(10)17-2)13(16)14(9-15)6-7-14/h4-5,8,15H,3,6-7,9H2,1-2H3. The third-order valence-electron chi connectivity index (χ3n) is 3.56. The van der Waals surface area contributed by atoms with Gasteiger partial charge in [0.15, 0.2) is 5.78 Å². The maximum atomic E-state index is 12.2. The van der Waals surface area contributed by atoms with E-state index in [4.69, 9.17) is 4.74 Å². The Hall–Kier alpha value is -1.35. The number of benzene rings is 1. The number of aliphatic hydroxyl groups excluding tert-OH is 1. The van der Waals surface area contributed by atoms with Crippen molar-refractivity contribution >= 4 is 5.78 Å². The van der Waals surface area contributed by atoms with Crippen molar-refractivity contribution in [2.24, 2.45) is 5.41 Å². The maximum Gasteiger partial charge on any atom is 0.171 e. The summed E-state index contributed by atoms with van der Waals surface area (Å²) < 4.78 is 5.24. The van der Waals surface area contributed by atoms with Gasteiger partial charge in [-0.2, -0.15) is 0 Å². The highest BCUT2D eigenvalue weighted by molar-refractivity contribution is 6.02. The molecule has 0 atom stereocenters. The minimum absolute atomic E-state index is 0.0423. The van der Waals surface area contributed by atoms with E-state index < -0.39 is 5.41 Å². The highest BCUT2D eigenvalue weighted by Crippen LogP contribution is 2.47. The van der Waals surface area contributed by atoms with Crippen LogP contribution in [0.2, 0.25) is 0 Å². The van der Waals surface area contributed by atoms with Gasteiger partial charge in [-0.05, 0) is 43.0 Å². The van der Waals surface area contributed by atoms with Crippen LogP contribution in [0.5, 0.6) is 5.75 Å². The van der Waals surface area contributed by atoms with Crippen LogP contribution in [0.3, 0.4) is 0 Å². The first-order chi connectivity index (χ1) is 8.16. The van der Waals surface area contributed by atoms with Crippen LogP contribution in [0, 0.1) is 5.41 Å². The average Bonchev–Trinajstić information content (AvgIpc) is 3.18. The van der Waals surface area contributed by atoms with E-state index >= 15 is 0 Å². The van der Waals surface area contributed by atoms with Crippen molar-refractivity contribution in [3.05, 3.63) is 29.3 Å². The van der Waals surface area contributed by atoms with Gasteiger partial charge in [-0.1, -0.05) is 6.92 Å². The smallest absolute Gasteiger partial charge is 0.171 e. The second-order valence-corrected chi connectivity index (χ2v) is 4.65. The number of carbonyl (C=O) groups is 1. The highest BCUT2D eigenvalue weighted by Gasteiger charge is 2.49. The zero-order valence-electron chi connectivity index (χ0n) is 10.3. The van der Waals surface area contributed by atoms with E-state index in [1.165, 1.54) is 0 Å². The fourth-order valence-corrected chi connectivity index (χ4v) is 2.11. The normalized spacial score (nSPS) is 16.6. The molecule has 0 heterocycles. The SMILES string of the molecule is CCc1cc(C(=O)C2(CO)CC2)ccc1OC. The van der Waals surface area contributed by atoms with Gasteiger partial charge >= 0.3 is 0 Å². The lowest BCUT2D eigenvalue weighted by Gasteiger charge is -2.13. The second kappa shape index (κ2) is 4.49. The van der Waals surface area contributed by atoms with Gasteiger partial charge in [0.1, 0.15) is 5.75 Å². The largest absolute Gasteiger partial charge is 0.496 e. The van der Waals surface area contributed by atoms with Crippen molar-refractivity contribution in [2.45, 2.75) is 26.2 Å². The van der Waals surface area contributed by atoms with Gasteiger partial charge < -0.3 is 9.84 Å². The fourth-order valence-electron chi connectivity index (χ4n) is 2.11. The Labute approximate surface area is 101 Å². The van der Waals surface area contributed by atoms with Gasteiger partial charge in [0.05, 0.1) is 19.1 Å². The molecule has 0 radical (unpaired) electrons. The predicted molar refractivity (Wildman–Crippen MR) is 65.5 cm³/mol. The van der Waals surface area contributed by atoms with Gasteiger partial charge in [0.2, 0.25) is 0 Å². The van der Waals surface area contributed by atoms with Crippen molar-refractivity contribution in [3.8, 4) is 5.75 Å². The van der Waals surface area contributed by atoms with Crippen LogP contribution < -0.4 is 4.74 Å². The van der Waals surface area contributed by atoms with E-state index in [9.17, 15) is 9.90 Å². The van der Waals surface area contributed by atoms with E-state index in [2.05, 4.69) is 0 Å². The molecule has 1 aliphatic rings. The first-order valence-corrected chi connectivity index (χ1v) is 5.99. The Morgan fingerprint density at radius 2 is 2.18 bits per heavy atom. The molecule has 0 bridgehead atoms. The minimum Gasteiger partial charge on any atom is -0.496 e. The number of ether oxygens (including phenoxy) is 1. The number of hydrogen-bond acceptors (Lipinski definition) is 3. The monoisotopic (exact) mass is 234 g/mol. The molecule has 0 unspecified atom stereocenters. The molecule has 0 spiro atoms. The van der Waals surface area contributed by atoms with Crippen molar-refractivity contribution in [1.29, 1.82) is 0 Å². The Morgan fingerprint density at radius 1 is 1.47 bits per heavy atom. The number of carbonyl (C=O) groups excluding carboxylic acids is 1. The summed E-state index contributed by atoms with van der Waals surface area (Å²) in [6.45, 7) is 1.99. The Morgan fingerprint density at radius 3 is 2.65 bits per heavy atom. The summed E-state index contributed by atoms with van der Waals surface area (Å²) in [5.41, 5.74) is 1.24. The first kappa shape index (κ1) is 12.1. The zero-order valence-corrected chi connectivity index (χ0v) is 10.3. The molecule has 1 aliphatic carbocycles. The molecule has 2 rings (SSSR count). The van der Waals surface area contributed by atoms with Crippen molar-refractivity contribution in [1.82, 2.24) is 0 Å². The molecule has 1 aromatic carbocycles. The zero-order chi connectivity index (χ0) is 12.5. The molecule has 0 saturated heterocycles. The lowest BCUT2D eigenvalue weighted by Crippen LogP contribution is -2.20. The highest BCUT2D eigenvalue weighted by atomic mass is 16.5. The van der Waals surface area contributed by atoms with Crippen LogP contribution in [0.4, 0.5) is 0 Å². The predicted octanol–water partition coefficient (Wildman–Crippen LogP) is 2.21. The van der Waals surface area contributed by atoms with Crippen LogP contribution in [0.25, 0.3) is 0 Å². The van der Waals surface area contributed by atoms with E-state index in [-0.39, 0.29) is 12.4 Å². The van der Waals surface area contributed by atoms with E-state index in [0.717, 1.165) is 30.6 Å². The van der Waals surface area contributed by atoms with Crippen LogP contribution in [0.1, 0.15) is 35.7 Å². The van der Waals surface area contributed by atoms with Crippen molar-refractivity contribution < 1.29 is 14.6 Å². The van der Waals surface area contributed by atoms with E-state index in [0.29, 0.717) is 5.56 Å². The van der Waals surface area contributed by atoms with E-state index in [1.807, 2.05) is 19.1 Å². The minimum atomic E-state index is -0.487. The van der Waals surface area contributed by atoms with Crippen LogP contribution in [-0.2, 0) is 6.42 Å². The molecule has 3 heteroatoms. The summed E-state index contributed by atoms with van der Waals surface area (Å²) in [6.07, 6.45) is 2.43. The Kier molecular flexibility index (Phi) is 3.20. The molecule has 17 heavy (non-hydrogen) atoms. The second-order valence-electron chi connectivity index (χ2n) is 4.65. The quantitative estimate of drug-likeness (QED) is 0.794. The summed E-state index contributed by atoms with van der Waals surface area (Å²) in [7, 11) is 1.63. The number of ketones is 1. The van der Waals surface area contributed by atoms with Gasteiger partial charge in [-0.25, -0.2) is 0 Å². The molecule has 1 aromatic rings. The molecule has 1 fully saturated rings. The third kappa shape index (κ3) is 2.07. The number of aliphatic hydroxyl groups is 1. The number of methoxy groups -OCH3 is 1. The molecule has 92 valence electrons. The van der Waals surface area contributed by atoms with Crippen molar-refractivity contribution in [3.63, 3.8) is 0 Å². The summed E-state index contributed by atoms with van der Waals surface area (Å²) in [6, 6.07) is 5.51.